The highest BCUT2D eigenvalue weighted by molar-refractivity contribution is 7.99. The minimum absolute atomic E-state index is 0.134. The largest absolute Gasteiger partial charge is 0.508 e. The SMILES string of the molecule is CCCOC(=O)CSc1nc2c(c(-c3ccc(O)cc3)c1C#N)CCCC2. The Balaban J connectivity index is 2.01. The summed E-state index contributed by atoms with van der Waals surface area (Å²) < 4.78 is 5.13. The van der Waals surface area contributed by atoms with Crippen molar-refractivity contribution in [2.45, 2.75) is 44.1 Å². The molecular weight excluding hydrogens is 360 g/mol. The van der Waals surface area contributed by atoms with Crippen molar-refractivity contribution in [2.24, 2.45) is 0 Å². The highest BCUT2D eigenvalue weighted by Crippen LogP contribution is 2.38. The molecule has 140 valence electrons. The third-order valence-corrected chi connectivity index (χ3v) is 5.45. The molecule has 0 unspecified atom stereocenters. The van der Waals surface area contributed by atoms with E-state index in [2.05, 4.69) is 6.07 Å². The molecule has 1 aromatic heterocycles. The maximum absolute atomic E-state index is 11.9. The predicted molar refractivity (Wildman–Crippen MR) is 105 cm³/mol. The Kier molecular flexibility index (Phi) is 6.36. The minimum atomic E-state index is -0.295. The lowest BCUT2D eigenvalue weighted by Gasteiger charge is -2.22. The Hall–Kier alpha value is -2.52. The first-order chi connectivity index (χ1) is 13.1. The van der Waals surface area contributed by atoms with Crippen LogP contribution < -0.4 is 0 Å². The minimum Gasteiger partial charge on any atom is -0.508 e. The molecule has 1 aromatic carbocycles. The van der Waals surface area contributed by atoms with Gasteiger partial charge in [0.25, 0.3) is 0 Å². The molecule has 0 saturated carbocycles. The van der Waals surface area contributed by atoms with Gasteiger partial charge in [-0.3, -0.25) is 4.79 Å². The fourth-order valence-corrected chi connectivity index (χ4v) is 4.06. The lowest BCUT2D eigenvalue weighted by molar-refractivity contribution is -0.140. The van der Waals surface area contributed by atoms with Crippen molar-refractivity contribution in [1.29, 1.82) is 5.26 Å². The van der Waals surface area contributed by atoms with E-state index in [-0.39, 0.29) is 17.5 Å². The Morgan fingerprint density at radius 1 is 1.30 bits per heavy atom. The van der Waals surface area contributed by atoms with Crippen LogP contribution in [0.5, 0.6) is 5.75 Å². The van der Waals surface area contributed by atoms with Gasteiger partial charge in [-0.05, 0) is 55.4 Å². The number of carbonyl (C=O) groups is 1. The van der Waals surface area contributed by atoms with E-state index in [4.69, 9.17) is 9.72 Å². The number of thioether (sulfide) groups is 1. The van der Waals surface area contributed by atoms with Gasteiger partial charge in [0.1, 0.15) is 16.8 Å². The molecule has 27 heavy (non-hydrogen) atoms. The van der Waals surface area contributed by atoms with Gasteiger partial charge in [-0.2, -0.15) is 5.26 Å². The molecule has 1 heterocycles. The van der Waals surface area contributed by atoms with E-state index >= 15 is 0 Å². The lowest BCUT2D eigenvalue weighted by Crippen LogP contribution is -2.12. The average Bonchev–Trinajstić information content (AvgIpc) is 2.70. The summed E-state index contributed by atoms with van der Waals surface area (Å²) >= 11 is 1.26. The topological polar surface area (TPSA) is 83.2 Å². The fraction of sp³-hybridized carbons (Fsp3) is 0.381. The second kappa shape index (κ2) is 8.92. The molecule has 0 aliphatic heterocycles. The number of benzene rings is 1. The van der Waals surface area contributed by atoms with Crippen LogP contribution in [0, 0.1) is 11.3 Å². The van der Waals surface area contributed by atoms with Crippen molar-refractivity contribution in [2.75, 3.05) is 12.4 Å². The van der Waals surface area contributed by atoms with Gasteiger partial charge in [0.2, 0.25) is 0 Å². The highest BCUT2D eigenvalue weighted by Gasteiger charge is 2.23. The van der Waals surface area contributed by atoms with Gasteiger partial charge in [-0.15, -0.1) is 0 Å². The third-order valence-electron chi connectivity index (χ3n) is 4.50. The van der Waals surface area contributed by atoms with Gasteiger partial charge >= 0.3 is 5.97 Å². The van der Waals surface area contributed by atoms with E-state index in [1.54, 1.807) is 12.1 Å². The molecule has 0 fully saturated rings. The van der Waals surface area contributed by atoms with E-state index in [9.17, 15) is 15.2 Å². The molecule has 1 aliphatic carbocycles. The van der Waals surface area contributed by atoms with Gasteiger partial charge in [0.15, 0.2) is 0 Å². The Morgan fingerprint density at radius 3 is 2.74 bits per heavy atom. The standard InChI is InChI=1S/C21H22N2O3S/c1-2-11-26-19(25)13-27-21-17(12-22)20(14-7-9-15(24)10-8-14)16-5-3-4-6-18(16)23-21/h7-10,24H,2-6,11,13H2,1H3. The fourth-order valence-electron chi connectivity index (χ4n) is 3.26. The van der Waals surface area contributed by atoms with Crippen molar-refractivity contribution in [3.8, 4) is 22.9 Å². The van der Waals surface area contributed by atoms with Crippen LogP contribution in [0.4, 0.5) is 0 Å². The zero-order valence-corrected chi connectivity index (χ0v) is 16.1. The molecule has 0 amide bonds. The van der Waals surface area contributed by atoms with Crippen LogP contribution in [0.3, 0.4) is 0 Å². The van der Waals surface area contributed by atoms with E-state index in [0.29, 0.717) is 17.2 Å². The summed E-state index contributed by atoms with van der Waals surface area (Å²) in [6.45, 7) is 2.35. The number of phenolic OH excluding ortho intramolecular Hbond substituents is 1. The van der Waals surface area contributed by atoms with Crippen LogP contribution in [-0.4, -0.2) is 28.4 Å². The molecule has 2 aromatic rings. The van der Waals surface area contributed by atoms with Crippen LogP contribution in [0.15, 0.2) is 29.3 Å². The number of rotatable bonds is 6. The third kappa shape index (κ3) is 4.42. The van der Waals surface area contributed by atoms with Gasteiger partial charge < -0.3 is 9.84 Å². The number of esters is 1. The number of phenols is 1. The van der Waals surface area contributed by atoms with Crippen molar-refractivity contribution in [3.63, 3.8) is 0 Å². The molecule has 0 radical (unpaired) electrons. The second-order valence-corrected chi connectivity index (χ2v) is 7.43. The van der Waals surface area contributed by atoms with Gasteiger partial charge in [-0.25, -0.2) is 4.98 Å². The van der Waals surface area contributed by atoms with E-state index in [0.717, 1.165) is 54.5 Å². The summed E-state index contributed by atoms with van der Waals surface area (Å²) in [5.74, 6) is 0.0278. The predicted octanol–water partition coefficient (Wildman–Crippen LogP) is 4.25. The number of nitriles is 1. The number of carbonyl (C=O) groups excluding carboxylic acids is 1. The number of fused-ring (bicyclic) bond motifs is 1. The summed E-state index contributed by atoms with van der Waals surface area (Å²) in [6, 6.07) is 9.20. The van der Waals surface area contributed by atoms with Gasteiger partial charge in [0.05, 0.1) is 17.9 Å². The van der Waals surface area contributed by atoms with E-state index < -0.39 is 0 Å². The first-order valence-electron chi connectivity index (χ1n) is 9.17. The van der Waals surface area contributed by atoms with Crippen molar-refractivity contribution in [1.82, 2.24) is 4.98 Å². The van der Waals surface area contributed by atoms with Crippen LogP contribution in [0.25, 0.3) is 11.1 Å². The molecule has 0 spiro atoms. The van der Waals surface area contributed by atoms with Crippen LogP contribution in [0.1, 0.15) is 43.0 Å². The van der Waals surface area contributed by atoms with Crippen LogP contribution >= 0.6 is 11.8 Å². The zero-order chi connectivity index (χ0) is 19.2. The highest BCUT2D eigenvalue weighted by atomic mass is 32.2. The van der Waals surface area contributed by atoms with Crippen molar-refractivity contribution < 1.29 is 14.6 Å². The number of aryl methyl sites for hydroxylation is 1. The summed E-state index contributed by atoms with van der Waals surface area (Å²) in [6.07, 6.45) is 4.68. The molecular formula is C21H22N2O3S. The number of aromatic hydroxyl groups is 1. The van der Waals surface area contributed by atoms with Crippen molar-refractivity contribution in [3.05, 3.63) is 41.1 Å². The first-order valence-corrected chi connectivity index (χ1v) is 10.2. The van der Waals surface area contributed by atoms with E-state index in [1.165, 1.54) is 11.8 Å². The number of aromatic nitrogens is 1. The molecule has 0 atom stereocenters. The molecule has 0 bridgehead atoms. The van der Waals surface area contributed by atoms with E-state index in [1.807, 2.05) is 19.1 Å². The molecule has 0 saturated heterocycles. The Labute approximate surface area is 163 Å². The average molecular weight is 382 g/mol. The number of ether oxygens (including phenoxy) is 1. The van der Waals surface area contributed by atoms with Crippen molar-refractivity contribution >= 4 is 17.7 Å². The number of nitrogens with zero attached hydrogens (tertiary/aromatic N) is 2. The number of pyridine rings is 1. The normalized spacial score (nSPS) is 12.9. The molecule has 6 heteroatoms. The zero-order valence-electron chi connectivity index (χ0n) is 15.3. The van der Waals surface area contributed by atoms with Crippen LogP contribution in [-0.2, 0) is 22.4 Å². The molecule has 3 rings (SSSR count). The monoisotopic (exact) mass is 382 g/mol. The Morgan fingerprint density at radius 2 is 2.04 bits per heavy atom. The summed E-state index contributed by atoms with van der Waals surface area (Å²) in [5.41, 5.74) is 4.38. The molecule has 1 aliphatic rings. The lowest BCUT2D eigenvalue weighted by atomic mass is 9.87. The van der Waals surface area contributed by atoms with Crippen LogP contribution in [0.2, 0.25) is 0 Å². The van der Waals surface area contributed by atoms with Gasteiger partial charge in [-0.1, -0.05) is 30.8 Å². The Bertz CT molecular complexity index is 872. The quantitative estimate of drug-likeness (QED) is 0.594. The molecule has 5 nitrogen and oxygen atoms in total. The summed E-state index contributed by atoms with van der Waals surface area (Å²) in [4.78, 5) is 16.6. The smallest absolute Gasteiger partial charge is 0.316 e. The summed E-state index contributed by atoms with van der Waals surface area (Å²) in [5, 5.41) is 20.0. The number of hydrogen-bond donors (Lipinski definition) is 1. The maximum atomic E-state index is 11.9. The van der Waals surface area contributed by atoms with Gasteiger partial charge in [0, 0.05) is 11.3 Å². The number of hydrogen-bond acceptors (Lipinski definition) is 6. The second-order valence-electron chi connectivity index (χ2n) is 6.47. The first kappa shape index (κ1) is 19.2. The summed E-state index contributed by atoms with van der Waals surface area (Å²) in [7, 11) is 0. The molecule has 1 N–H and O–H groups in total. The maximum Gasteiger partial charge on any atom is 0.316 e.